The third-order valence-electron chi connectivity index (χ3n) is 17.6. The minimum absolute atomic E-state index is 0.0220. The topological polar surface area (TPSA) is 95.9 Å². The van der Waals surface area contributed by atoms with Crippen LogP contribution in [-0.2, 0) is 14.3 Å². The number of hydrogen-bond acceptors (Lipinski definition) is 5. The lowest BCUT2D eigenvalue weighted by Gasteiger charge is -2.20. The molecule has 2 unspecified atom stereocenters. The Kier molecular flexibility index (Phi) is 68.9. The Morgan fingerprint density at radius 3 is 0.850 bits per heavy atom. The molecule has 0 heterocycles. The molecular weight excluding hydrogens is 983 g/mol. The number of rotatable bonds is 70. The van der Waals surface area contributed by atoms with Gasteiger partial charge in [-0.3, -0.25) is 9.59 Å². The Bertz CT molecular complexity index is 1210. The van der Waals surface area contributed by atoms with Crippen LogP contribution in [0.3, 0.4) is 0 Å². The van der Waals surface area contributed by atoms with E-state index < -0.39 is 12.1 Å². The molecule has 476 valence electrons. The number of allylic oxidation sites excluding steroid dienone is 1. The van der Waals surface area contributed by atoms with Crippen molar-refractivity contribution in [2.45, 2.75) is 437 Å². The number of aliphatic hydroxyl groups excluding tert-OH is 2. The van der Waals surface area contributed by atoms with Gasteiger partial charge in [0.25, 0.3) is 0 Å². The van der Waals surface area contributed by atoms with Gasteiger partial charge in [0.05, 0.1) is 25.4 Å². The molecule has 0 saturated carbocycles. The minimum atomic E-state index is -0.841. The first-order valence-electron chi connectivity index (χ1n) is 37.0. The highest BCUT2D eigenvalue weighted by Gasteiger charge is 2.18. The Balaban J connectivity index is 3.34. The number of aliphatic hydroxyl groups is 2. The van der Waals surface area contributed by atoms with Crippen molar-refractivity contribution in [1.82, 2.24) is 5.32 Å². The highest BCUT2D eigenvalue weighted by molar-refractivity contribution is 5.76. The van der Waals surface area contributed by atoms with Crippen molar-refractivity contribution in [1.29, 1.82) is 0 Å². The zero-order chi connectivity index (χ0) is 57.8. The number of esters is 1. The van der Waals surface area contributed by atoms with E-state index in [1.807, 2.05) is 6.08 Å². The maximum Gasteiger partial charge on any atom is 0.305 e. The summed E-state index contributed by atoms with van der Waals surface area (Å²) in [4.78, 5) is 24.5. The van der Waals surface area contributed by atoms with E-state index in [-0.39, 0.29) is 18.5 Å². The zero-order valence-electron chi connectivity index (χ0n) is 54.6. The largest absolute Gasteiger partial charge is 0.466 e. The maximum atomic E-state index is 12.5. The first-order valence-corrected chi connectivity index (χ1v) is 37.0. The Labute approximate surface area is 501 Å². The first kappa shape index (κ1) is 78.6. The summed E-state index contributed by atoms with van der Waals surface area (Å²) in [5.41, 5.74) is 0. The van der Waals surface area contributed by atoms with E-state index >= 15 is 0 Å². The summed E-state index contributed by atoms with van der Waals surface area (Å²) in [5.74, 6) is -0.0367. The number of amides is 1. The molecule has 6 nitrogen and oxygen atoms in total. The molecule has 6 heteroatoms. The van der Waals surface area contributed by atoms with Gasteiger partial charge in [0.2, 0.25) is 5.91 Å². The van der Waals surface area contributed by atoms with Gasteiger partial charge in [0, 0.05) is 12.8 Å². The number of carbonyl (C=O) groups excluding carboxylic acids is 2. The monoisotopic (exact) mass is 1130 g/mol. The van der Waals surface area contributed by atoms with E-state index in [4.69, 9.17) is 4.74 Å². The molecule has 0 fully saturated rings. The average Bonchev–Trinajstić information content (AvgIpc) is 3.46. The molecule has 0 aromatic heterocycles. The Hall–Kier alpha value is -1.40. The highest BCUT2D eigenvalue weighted by atomic mass is 16.5. The molecule has 3 N–H and O–H groups in total. The van der Waals surface area contributed by atoms with Crippen molar-refractivity contribution < 1.29 is 24.5 Å². The van der Waals surface area contributed by atoms with Crippen LogP contribution in [0.4, 0.5) is 0 Å². The normalized spacial score (nSPS) is 12.5. The summed E-state index contributed by atoms with van der Waals surface area (Å²) in [5, 5.41) is 23.2. The van der Waals surface area contributed by atoms with Gasteiger partial charge < -0.3 is 20.3 Å². The summed E-state index contributed by atoms with van der Waals surface area (Å²) in [6, 6.07) is -0.624. The fourth-order valence-corrected chi connectivity index (χ4v) is 11.9. The molecule has 0 aromatic rings. The Morgan fingerprint density at radius 2 is 0.575 bits per heavy atom. The molecule has 0 aromatic carbocycles. The van der Waals surface area contributed by atoms with Gasteiger partial charge in [0.1, 0.15) is 0 Å². The van der Waals surface area contributed by atoms with Crippen LogP contribution in [0.5, 0.6) is 0 Å². The number of hydrogen-bond donors (Lipinski definition) is 3. The van der Waals surface area contributed by atoms with Crippen LogP contribution in [0.15, 0.2) is 12.2 Å². The molecule has 0 bridgehead atoms. The van der Waals surface area contributed by atoms with Crippen molar-refractivity contribution in [3.8, 4) is 0 Å². The van der Waals surface area contributed by atoms with Crippen LogP contribution in [0.1, 0.15) is 425 Å². The third kappa shape index (κ3) is 65.7. The van der Waals surface area contributed by atoms with Crippen molar-refractivity contribution in [3.05, 3.63) is 12.2 Å². The Morgan fingerprint density at radius 1 is 0.338 bits per heavy atom. The van der Waals surface area contributed by atoms with Gasteiger partial charge in [-0.05, 0) is 32.1 Å². The van der Waals surface area contributed by atoms with Crippen LogP contribution in [0, 0.1) is 0 Å². The quantitative estimate of drug-likeness (QED) is 0.0320. The lowest BCUT2D eigenvalue weighted by Crippen LogP contribution is -2.45. The van der Waals surface area contributed by atoms with Crippen LogP contribution in [-0.4, -0.2) is 47.4 Å². The van der Waals surface area contributed by atoms with Crippen LogP contribution in [0.2, 0.25) is 0 Å². The second kappa shape index (κ2) is 70.1. The lowest BCUT2D eigenvalue weighted by molar-refractivity contribution is -0.143. The zero-order valence-corrected chi connectivity index (χ0v) is 54.6. The summed E-state index contributed by atoms with van der Waals surface area (Å²) in [6.07, 6.45) is 87.5. The van der Waals surface area contributed by atoms with Gasteiger partial charge in [-0.15, -0.1) is 0 Å². The van der Waals surface area contributed by atoms with Crippen molar-refractivity contribution in [2.24, 2.45) is 0 Å². The summed E-state index contributed by atoms with van der Waals surface area (Å²) in [6.45, 7) is 4.95. The van der Waals surface area contributed by atoms with Crippen molar-refractivity contribution >= 4 is 11.9 Å². The molecule has 0 aliphatic heterocycles. The third-order valence-corrected chi connectivity index (χ3v) is 17.6. The predicted molar refractivity (Wildman–Crippen MR) is 352 cm³/mol. The van der Waals surface area contributed by atoms with E-state index in [2.05, 4.69) is 19.2 Å². The van der Waals surface area contributed by atoms with Gasteiger partial charge in [-0.1, -0.05) is 392 Å². The number of carbonyl (C=O) groups is 2. The number of nitrogens with one attached hydrogen (secondary N) is 1. The average molecular weight is 1130 g/mol. The molecule has 2 atom stereocenters. The number of ether oxygens (including phenoxy) is 1. The predicted octanol–water partition coefficient (Wildman–Crippen LogP) is 23.9. The molecule has 0 spiro atoms. The highest BCUT2D eigenvalue weighted by Crippen LogP contribution is 2.20. The lowest BCUT2D eigenvalue weighted by atomic mass is 10.0. The van der Waals surface area contributed by atoms with E-state index in [0.29, 0.717) is 19.4 Å². The second-order valence-corrected chi connectivity index (χ2v) is 25.6. The van der Waals surface area contributed by atoms with Gasteiger partial charge in [-0.2, -0.15) is 0 Å². The molecule has 80 heavy (non-hydrogen) atoms. The molecule has 0 saturated heterocycles. The molecule has 0 aliphatic carbocycles. The van der Waals surface area contributed by atoms with Crippen molar-refractivity contribution in [3.63, 3.8) is 0 Å². The first-order chi connectivity index (χ1) is 39.5. The van der Waals surface area contributed by atoms with Gasteiger partial charge in [0.15, 0.2) is 0 Å². The van der Waals surface area contributed by atoms with E-state index in [1.54, 1.807) is 6.08 Å². The minimum Gasteiger partial charge on any atom is -0.466 e. The van der Waals surface area contributed by atoms with Crippen molar-refractivity contribution in [2.75, 3.05) is 13.2 Å². The fraction of sp³-hybridized carbons (Fsp3) is 0.946. The SMILES string of the molecule is CCCCCCCCCCCCCCCCCCC/C=C/C(O)C(CO)NC(=O)CCCCCCCCCCCCCCCCCCCCCCCCCCCCCCCCCCCOC(=O)CCCCCCCCCCCCC. The van der Waals surface area contributed by atoms with E-state index in [9.17, 15) is 19.8 Å². The number of unbranched alkanes of at least 4 members (excludes halogenated alkanes) is 59. The molecule has 0 rings (SSSR count). The van der Waals surface area contributed by atoms with E-state index in [0.717, 1.165) is 38.5 Å². The van der Waals surface area contributed by atoms with Gasteiger partial charge in [-0.25, -0.2) is 0 Å². The van der Waals surface area contributed by atoms with E-state index in [1.165, 1.54) is 360 Å². The van der Waals surface area contributed by atoms with Gasteiger partial charge >= 0.3 is 5.97 Å². The standard InChI is InChI=1S/C74H145NO5/c1-3-5-7-9-11-13-15-16-17-18-34-37-40-43-47-50-54-58-62-66-72(77)71(70-76)75-73(78)67-63-59-55-51-48-44-41-38-35-32-30-28-26-24-22-20-19-21-23-25-27-29-31-33-36-39-42-45-49-53-57-61-65-69-80-74(79)68-64-60-56-52-46-14-12-10-8-6-4-2/h62,66,71-72,76-77H,3-61,63-65,67-70H2,1-2H3,(H,75,78)/b66-62+. The maximum absolute atomic E-state index is 12.5. The second-order valence-electron chi connectivity index (χ2n) is 25.6. The smallest absolute Gasteiger partial charge is 0.305 e. The molecule has 0 aliphatic rings. The molecule has 1 amide bonds. The summed E-state index contributed by atoms with van der Waals surface area (Å²) < 4.78 is 5.48. The molecule has 0 radical (unpaired) electrons. The fourth-order valence-electron chi connectivity index (χ4n) is 11.9. The summed E-state index contributed by atoms with van der Waals surface area (Å²) in [7, 11) is 0. The van der Waals surface area contributed by atoms with Crippen LogP contribution in [0.25, 0.3) is 0 Å². The molecular formula is C74H145NO5. The summed E-state index contributed by atoms with van der Waals surface area (Å²) >= 11 is 0. The van der Waals surface area contributed by atoms with Crippen LogP contribution < -0.4 is 5.32 Å². The van der Waals surface area contributed by atoms with Crippen LogP contribution >= 0.6 is 0 Å².